The molecule has 0 spiro atoms. The Bertz CT molecular complexity index is 1150. The second-order valence-electron chi connectivity index (χ2n) is 9.78. The zero-order valence-corrected chi connectivity index (χ0v) is 23.1. The van der Waals surface area contributed by atoms with Crippen molar-refractivity contribution in [2.24, 2.45) is 5.41 Å². The predicted octanol–water partition coefficient (Wildman–Crippen LogP) is 4.23. The topological polar surface area (TPSA) is 109 Å². The Morgan fingerprint density at radius 3 is 1.85 bits per heavy atom. The van der Waals surface area contributed by atoms with Gasteiger partial charge >= 0.3 is 24.1 Å². The summed E-state index contributed by atoms with van der Waals surface area (Å²) in [5, 5.41) is 2.95. The van der Waals surface area contributed by atoms with Gasteiger partial charge < -0.3 is 29.0 Å². The van der Waals surface area contributed by atoms with Crippen LogP contribution in [-0.4, -0.2) is 58.2 Å². The van der Waals surface area contributed by atoms with E-state index in [-0.39, 0.29) is 22.5 Å². The molecule has 12 heteroatoms. The summed E-state index contributed by atoms with van der Waals surface area (Å²) in [5.74, 6) is -4.39. The number of halogens is 3. The number of methoxy groups -OCH3 is 3. The van der Waals surface area contributed by atoms with Gasteiger partial charge in [-0.15, -0.1) is 0 Å². The van der Waals surface area contributed by atoms with E-state index in [1.54, 1.807) is 34.6 Å². The number of carbonyl (C=O) groups excluding carboxylic acids is 3. The van der Waals surface area contributed by atoms with Crippen molar-refractivity contribution in [1.29, 1.82) is 0 Å². The third-order valence-electron chi connectivity index (χ3n) is 6.14. The van der Waals surface area contributed by atoms with Crippen LogP contribution in [0.4, 0.5) is 13.2 Å². The Labute approximate surface area is 225 Å². The van der Waals surface area contributed by atoms with Gasteiger partial charge in [0.1, 0.15) is 0 Å². The summed E-state index contributed by atoms with van der Waals surface area (Å²) in [7, 11) is 3.76. The molecule has 3 atom stereocenters. The molecule has 1 aromatic rings. The molecule has 1 aliphatic rings. The minimum absolute atomic E-state index is 0.0400. The van der Waals surface area contributed by atoms with Crippen molar-refractivity contribution in [1.82, 2.24) is 5.32 Å². The Balaban J connectivity index is 2.85. The van der Waals surface area contributed by atoms with Crippen LogP contribution in [0.2, 0.25) is 0 Å². The molecule has 0 aromatic heterocycles. The summed E-state index contributed by atoms with van der Waals surface area (Å²) in [6.07, 6.45) is -6.53. The lowest BCUT2D eigenvalue weighted by Gasteiger charge is -2.36. The predicted molar refractivity (Wildman–Crippen MR) is 133 cm³/mol. The van der Waals surface area contributed by atoms with Crippen LogP contribution in [0.5, 0.6) is 0 Å². The molecule has 1 aliphatic heterocycles. The number of benzene rings is 1. The zero-order valence-electron chi connectivity index (χ0n) is 23.1. The maximum atomic E-state index is 14.2. The van der Waals surface area contributed by atoms with Gasteiger partial charge in [-0.05, 0) is 46.2 Å². The smallest absolute Gasteiger partial charge is 0.416 e. The van der Waals surface area contributed by atoms with Crippen LogP contribution < -0.4 is 5.32 Å². The van der Waals surface area contributed by atoms with Gasteiger partial charge in [-0.3, -0.25) is 4.79 Å². The fourth-order valence-electron chi connectivity index (χ4n) is 3.93. The summed E-state index contributed by atoms with van der Waals surface area (Å²) in [5.41, 5.74) is -2.87. The molecule has 0 radical (unpaired) electrons. The molecule has 0 aliphatic carbocycles. The van der Waals surface area contributed by atoms with Crippen molar-refractivity contribution in [3.8, 4) is 0 Å². The summed E-state index contributed by atoms with van der Waals surface area (Å²) >= 11 is 0. The number of dihydropyridines is 1. The maximum Gasteiger partial charge on any atom is 0.416 e. The van der Waals surface area contributed by atoms with Crippen LogP contribution in [0.3, 0.4) is 0 Å². The van der Waals surface area contributed by atoms with Crippen molar-refractivity contribution < 1.29 is 51.2 Å². The highest BCUT2D eigenvalue weighted by Gasteiger charge is 2.46. The second-order valence-corrected chi connectivity index (χ2v) is 9.78. The van der Waals surface area contributed by atoms with Crippen molar-refractivity contribution in [3.05, 3.63) is 57.9 Å². The van der Waals surface area contributed by atoms with E-state index in [0.29, 0.717) is 0 Å². The highest BCUT2D eigenvalue weighted by atomic mass is 19.4. The van der Waals surface area contributed by atoms with E-state index >= 15 is 0 Å². The van der Waals surface area contributed by atoms with E-state index in [2.05, 4.69) is 5.32 Å². The number of carbonyl (C=O) groups is 3. The fraction of sp³-hybridized carbons (Fsp3) is 0.519. The van der Waals surface area contributed by atoms with E-state index in [4.69, 9.17) is 23.7 Å². The molecule has 3 unspecified atom stereocenters. The second kappa shape index (κ2) is 12.6. The van der Waals surface area contributed by atoms with Gasteiger partial charge in [0.25, 0.3) is 0 Å². The van der Waals surface area contributed by atoms with Crippen molar-refractivity contribution in [2.75, 3.05) is 28.1 Å². The minimum atomic E-state index is -4.83. The van der Waals surface area contributed by atoms with Crippen molar-refractivity contribution in [3.63, 3.8) is 0 Å². The van der Waals surface area contributed by atoms with E-state index in [9.17, 15) is 27.6 Å². The SMILES string of the molecule is COC(=O)C1=C(C(C)OC)NC(C(C)OC)=C(C(=O)OCOC(=O)C(C)(C)C)C1c1ccccc1C(F)(F)F. The molecular formula is C27H34F3NO8. The van der Waals surface area contributed by atoms with Crippen LogP contribution in [-0.2, 0) is 44.2 Å². The Hall–Kier alpha value is -3.38. The number of nitrogens with one attached hydrogen (secondary N) is 1. The highest BCUT2D eigenvalue weighted by Crippen LogP contribution is 2.45. The molecule has 1 N–H and O–H groups in total. The highest BCUT2D eigenvalue weighted by molar-refractivity contribution is 6.00. The van der Waals surface area contributed by atoms with Crippen LogP contribution in [0.25, 0.3) is 0 Å². The van der Waals surface area contributed by atoms with Gasteiger partial charge in [-0.2, -0.15) is 13.2 Å². The van der Waals surface area contributed by atoms with E-state index in [0.717, 1.165) is 13.2 Å². The quantitative estimate of drug-likeness (QED) is 0.352. The minimum Gasteiger partial charge on any atom is -0.466 e. The van der Waals surface area contributed by atoms with Crippen LogP contribution in [0.1, 0.15) is 51.7 Å². The molecule has 0 amide bonds. The van der Waals surface area contributed by atoms with Crippen LogP contribution in [0, 0.1) is 5.41 Å². The normalized spacial score (nSPS) is 17.8. The number of esters is 3. The fourth-order valence-corrected chi connectivity index (χ4v) is 3.93. The Morgan fingerprint density at radius 2 is 1.38 bits per heavy atom. The molecule has 0 bridgehead atoms. The molecule has 9 nitrogen and oxygen atoms in total. The first-order valence-corrected chi connectivity index (χ1v) is 12.0. The lowest BCUT2D eigenvalue weighted by molar-refractivity contribution is -0.171. The zero-order chi connectivity index (χ0) is 29.7. The molecular weight excluding hydrogens is 523 g/mol. The number of hydrogen-bond acceptors (Lipinski definition) is 9. The number of ether oxygens (including phenoxy) is 5. The maximum absolute atomic E-state index is 14.2. The largest absolute Gasteiger partial charge is 0.466 e. The van der Waals surface area contributed by atoms with E-state index in [1.165, 1.54) is 32.4 Å². The van der Waals surface area contributed by atoms with Crippen LogP contribution >= 0.6 is 0 Å². The standard InChI is InChI=1S/C27H34F3NO8/c1-14(35-6)21-19(23(32)37-8)18(16-11-9-10-12-17(16)27(28,29)30)20(22(31-21)15(2)36-7)24(33)38-13-39-25(34)26(3,4)5/h9-12,14-15,18,31H,13H2,1-8H3. The first-order valence-electron chi connectivity index (χ1n) is 12.0. The van der Waals surface area contributed by atoms with E-state index in [1.807, 2.05) is 0 Å². The summed E-state index contributed by atoms with van der Waals surface area (Å²) < 4.78 is 68.6. The van der Waals surface area contributed by atoms with Gasteiger partial charge in [-0.25, -0.2) is 9.59 Å². The third-order valence-corrected chi connectivity index (χ3v) is 6.14. The van der Waals surface area contributed by atoms with E-state index < -0.39 is 65.5 Å². The Kier molecular flexibility index (Phi) is 10.3. The molecule has 0 fully saturated rings. The molecule has 1 aromatic carbocycles. The van der Waals surface area contributed by atoms with Crippen LogP contribution in [0.15, 0.2) is 46.8 Å². The first kappa shape index (κ1) is 31.8. The monoisotopic (exact) mass is 557 g/mol. The lowest BCUT2D eigenvalue weighted by Crippen LogP contribution is -2.41. The molecule has 1 heterocycles. The number of rotatable bonds is 9. The molecule has 2 rings (SSSR count). The molecule has 216 valence electrons. The summed E-state index contributed by atoms with van der Waals surface area (Å²) in [6.45, 7) is 7.11. The molecule has 39 heavy (non-hydrogen) atoms. The summed E-state index contributed by atoms with van der Waals surface area (Å²) in [4.78, 5) is 38.8. The first-order chi connectivity index (χ1) is 18.1. The third kappa shape index (κ3) is 7.18. The molecule has 0 saturated heterocycles. The van der Waals surface area contributed by atoms with Gasteiger partial charge in [-0.1, -0.05) is 18.2 Å². The van der Waals surface area contributed by atoms with Gasteiger partial charge in [0.05, 0.1) is 58.8 Å². The Morgan fingerprint density at radius 1 is 0.872 bits per heavy atom. The average molecular weight is 558 g/mol. The molecule has 0 saturated carbocycles. The van der Waals surface area contributed by atoms with Gasteiger partial charge in [0.2, 0.25) is 6.79 Å². The summed E-state index contributed by atoms with van der Waals surface area (Å²) in [6, 6.07) is 4.56. The van der Waals surface area contributed by atoms with Gasteiger partial charge in [0, 0.05) is 14.2 Å². The average Bonchev–Trinajstić information content (AvgIpc) is 2.89. The number of alkyl halides is 3. The van der Waals surface area contributed by atoms with Gasteiger partial charge in [0.15, 0.2) is 0 Å². The van der Waals surface area contributed by atoms with Crippen molar-refractivity contribution in [2.45, 2.75) is 58.9 Å². The van der Waals surface area contributed by atoms with Crippen molar-refractivity contribution >= 4 is 17.9 Å². The number of hydrogen-bond donors (Lipinski definition) is 1. The lowest BCUT2D eigenvalue weighted by atomic mass is 9.77.